The third kappa shape index (κ3) is 1.67. The summed E-state index contributed by atoms with van der Waals surface area (Å²) in [6.45, 7) is 8.77. The molecule has 1 aromatic carbocycles. The zero-order valence-electron chi connectivity index (χ0n) is 10.7. The normalized spacial score (nSPS) is 15.6. The molecule has 0 amide bonds. The maximum atomic E-state index is 3.47. The van der Waals surface area contributed by atoms with Crippen molar-refractivity contribution >= 4 is 17.2 Å². The van der Waals surface area contributed by atoms with Gasteiger partial charge < -0.3 is 0 Å². The average molecular weight is 299 g/mol. The zero-order valence-corrected chi connectivity index (χ0v) is 13.2. The van der Waals surface area contributed by atoms with Crippen molar-refractivity contribution in [3.8, 4) is 0 Å². The van der Waals surface area contributed by atoms with Gasteiger partial charge in [-0.25, -0.2) is 0 Å². The molecule has 0 N–H and O–H groups in total. The van der Waals surface area contributed by atoms with E-state index in [-0.39, 0.29) is 26.2 Å². The third-order valence-electron chi connectivity index (χ3n) is 3.77. The molecule has 0 saturated heterocycles. The maximum absolute atomic E-state index is 3.47. The fourth-order valence-electron chi connectivity index (χ4n) is 2.86. The van der Waals surface area contributed by atoms with Crippen LogP contribution in [0.1, 0.15) is 37.5 Å². The van der Waals surface area contributed by atoms with E-state index in [4.69, 9.17) is 0 Å². The quantitative estimate of drug-likeness (QED) is 0.646. The molecule has 0 nitrogen and oxygen atoms in total. The van der Waals surface area contributed by atoms with Crippen LogP contribution >= 0.6 is 0 Å². The third-order valence-corrected chi connectivity index (χ3v) is 3.77. The van der Waals surface area contributed by atoms with E-state index in [0.717, 1.165) is 0 Å². The molecular formula is C16H15Zr-. The maximum Gasteiger partial charge on any atom is 0 e. The van der Waals surface area contributed by atoms with Crippen molar-refractivity contribution in [2.75, 3.05) is 0 Å². The largest absolute Gasteiger partial charge is 0.153 e. The predicted molar refractivity (Wildman–Crippen MR) is 69.2 cm³/mol. The van der Waals surface area contributed by atoms with E-state index in [2.05, 4.69) is 52.0 Å². The molecular weight excluding hydrogens is 283 g/mol. The van der Waals surface area contributed by atoms with E-state index in [1.165, 1.54) is 43.8 Å². The first-order chi connectivity index (χ1) is 7.59. The summed E-state index contributed by atoms with van der Waals surface area (Å²) < 4.78 is 0. The van der Waals surface area contributed by atoms with Crippen LogP contribution in [0.5, 0.6) is 0 Å². The van der Waals surface area contributed by atoms with Crippen LogP contribution in [0.4, 0.5) is 0 Å². The number of fused-ring (bicyclic) bond motifs is 2. The molecule has 0 heterocycles. The molecule has 1 aromatic rings. The molecule has 3 rings (SSSR count). The van der Waals surface area contributed by atoms with E-state index in [1.54, 1.807) is 0 Å². The first-order valence-electron chi connectivity index (χ1n) is 5.74. The zero-order chi connectivity index (χ0) is 11.4. The molecule has 0 spiro atoms. The SMILES string of the molecule is CC1=[C-]c2cc3c(c(C)c2=C1C)C(C)=CC=3.[Zr]. The minimum atomic E-state index is 0. The van der Waals surface area contributed by atoms with Crippen LogP contribution < -0.4 is 10.4 Å². The minimum absolute atomic E-state index is 0. The van der Waals surface area contributed by atoms with E-state index >= 15 is 0 Å². The summed E-state index contributed by atoms with van der Waals surface area (Å²) in [7, 11) is 0. The van der Waals surface area contributed by atoms with Gasteiger partial charge in [0.1, 0.15) is 0 Å². The summed E-state index contributed by atoms with van der Waals surface area (Å²) in [6, 6.07) is 2.27. The molecule has 0 aliphatic heterocycles. The number of benzene rings is 1. The Bertz CT molecular complexity index is 685. The van der Waals surface area contributed by atoms with Gasteiger partial charge in [-0.1, -0.05) is 36.8 Å². The molecule has 2 aliphatic rings. The van der Waals surface area contributed by atoms with Crippen LogP contribution in [0.15, 0.2) is 17.7 Å². The molecule has 0 bridgehead atoms. The van der Waals surface area contributed by atoms with E-state index in [9.17, 15) is 0 Å². The van der Waals surface area contributed by atoms with Crippen LogP contribution in [0, 0.1) is 13.0 Å². The second-order valence-corrected chi connectivity index (χ2v) is 4.78. The second-order valence-electron chi connectivity index (χ2n) is 4.78. The molecule has 0 atom stereocenters. The van der Waals surface area contributed by atoms with Gasteiger partial charge in [0.05, 0.1) is 0 Å². The van der Waals surface area contributed by atoms with Crippen LogP contribution in [0.25, 0.3) is 17.2 Å². The molecule has 17 heavy (non-hydrogen) atoms. The Morgan fingerprint density at radius 2 is 1.71 bits per heavy atom. The fraction of sp³-hybridized carbons (Fsp3) is 0.250. The van der Waals surface area contributed by atoms with Gasteiger partial charge in [-0.05, 0) is 25.0 Å². The van der Waals surface area contributed by atoms with Crippen molar-refractivity contribution in [3.63, 3.8) is 0 Å². The van der Waals surface area contributed by atoms with Crippen LogP contribution in [0.3, 0.4) is 0 Å². The van der Waals surface area contributed by atoms with Gasteiger partial charge in [0.2, 0.25) is 0 Å². The Morgan fingerprint density at radius 1 is 1.00 bits per heavy atom. The first-order valence-corrected chi connectivity index (χ1v) is 5.74. The predicted octanol–water partition coefficient (Wildman–Crippen LogP) is 2.47. The van der Waals surface area contributed by atoms with Crippen LogP contribution in [-0.4, -0.2) is 0 Å². The first kappa shape index (κ1) is 12.8. The van der Waals surface area contributed by atoms with E-state index in [1.807, 2.05) is 0 Å². The van der Waals surface area contributed by atoms with Crippen molar-refractivity contribution in [3.05, 3.63) is 50.9 Å². The standard InChI is InChI=1S/C16H15.Zr/c1-9-5-6-13-8-14-7-10(2)11(3)16(14)12(4)15(9)13;/h5-6,8H,1-4H3;/q-1;. The summed E-state index contributed by atoms with van der Waals surface area (Å²) >= 11 is 0. The molecule has 84 valence electrons. The van der Waals surface area contributed by atoms with E-state index < -0.39 is 0 Å². The molecule has 0 unspecified atom stereocenters. The van der Waals surface area contributed by atoms with Gasteiger partial charge in [0, 0.05) is 26.2 Å². The molecule has 2 aliphatic carbocycles. The molecule has 0 aromatic heterocycles. The van der Waals surface area contributed by atoms with Gasteiger partial charge in [-0.15, -0.1) is 22.9 Å². The van der Waals surface area contributed by atoms with Gasteiger partial charge in [-0.3, -0.25) is 0 Å². The molecule has 0 fully saturated rings. The topological polar surface area (TPSA) is 0 Å². The van der Waals surface area contributed by atoms with Crippen molar-refractivity contribution in [1.82, 2.24) is 0 Å². The Labute approximate surface area is 122 Å². The number of rotatable bonds is 0. The Kier molecular flexibility index (Phi) is 3.16. The van der Waals surface area contributed by atoms with E-state index in [0.29, 0.717) is 0 Å². The van der Waals surface area contributed by atoms with Gasteiger partial charge >= 0.3 is 0 Å². The Hall–Kier alpha value is -0.677. The van der Waals surface area contributed by atoms with Crippen LogP contribution in [0.2, 0.25) is 0 Å². The molecule has 0 saturated carbocycles. The average Bonchev–Trinajstić information content (AvgIpc) is 2.71. The fourth-order valence-corrected chi connectivity index (χ4v) is 2.86. The summed E-state index contributed by atoms with van der Waals surface area (Å²) in [6.07, 6.45) is 7.89. The summed E-state index contributed by atoms with van der Waals surface area (Å²) in [5.74, 6) is 0. The minimum Gasteiger partial charge on any atom is -0.153 e. The summed E-state index contributed by atoms with van der Waals surface area (Å²) in [4.78, 5) is 0. The molecule has 1 heteroatoms. The van der Waals surface area contributed by atoms with Crippen molar-refractivity contribution in [1.29, 1.82) is 0 Å². The van der Waals surface area contributed by atoms with Crippen LogP contribution in [-0.2, 0) is 26.2 Å². The number of allylic oxidation sites excluding steroid dienone is 3. The van der Waals surface area contributed by atoms with Crippen molar-refractivity contribution in [2.24, 2.45) is 0 Å². The van der Waals surface area contributed by atoms with Gasteiger partial charge in [0.25, 0.3) is 0 Å². The Morgan fingerprint density at radius 3 is 2.41 bits per heavy atom. The number of hydrogen-bond acceptors (Lipinski definition) is 0. The Balaban J connectivity index is 0.00000108. The summed E-state index contributed by atoms with van der Waals surface area (Å²) in [5, 5.41) is 2.75. The number of hydrogen-bond donors (Lipinski definition) is 0. The van der Waals surface area contributed by atoms with Gasteiger partial charge in [0.15, 0.2) is 0 Å². The monoisotopic (exact) mass is 297 g/mol. The molecule has 0 radical (unpaired) electrons. The van der Waals surface area contributed by atoms with Crippen molar-refractivity contribution in [2.45, 2.75) is 27.7 Å². The summed E-state index contributed by atoms with van der Waals surface area (Å²) in [5.41, 5.74) is 8.16. The second kappa shape index (κ2) is 4.21. The smallest absolute Gasteiger partial charge is 0 e. The van der Waals surface area contributed by atoms with Gasteiger partial charge in [-0.2, -0.15) is 11.1 Å². The van der Waals surface area contributed by atoms with Crippen molar-refractivity contribution < 1.29 is 26.2 Å².